The molecule has 2 rings (SSSR count). The van der Waals surface area contributed by atoms with E-state index in [1.807, 2.05) is 12.1 Å². The van der Waals surface area contributed by atoms with E-state index in [9.17, 15) is 0 Å². The van der Waals surface area contributed by atoms with E-state index in [1.165, 1.54) is 0 Å². The van der Waals surface area contributed by atoms with Crippen molar-refractivity contribution in [3.63, 3.8) is 0 Å². The number of aromatic nitrogens is 2. The number of rotatable bonds is 3. The van der Waals surface area contributed by atoms with Gasteiger partial charge in [-0.05, 0) is 29.7 Å². The Labute approximate surface area is 113 Å². The number of hydrogen-bond donors (Lipinski definition) is 1. The van der Waals surface area contributed by atoms with Crippen LogP contribution >= 0.6 is 0 Å². The number of nitrogens with zero attached hydrogens (tertiary/aromatic N) is 2. The first-order valence-corrected chi connectivity index (χ1v) is 6.23. The van der Waals surface area contributed by atoms with Crippen LogP contribution < -0.4 is 10.1 Å². The standard InChI is InChI=1S/C15H19N3O/c1-15(2,3)12-10-11(6-7-13(12)19-4)18-14-16-8-5-9-17-14/h5-10H,1-4H3,(H,16,17,18). The third-order valence-electron chi connectivity index (χ3n) is 2.83. The molecule has 0 aliphatic rings. The number of nitrogens with one attached hydrogen (secondary N) is 1. The predicted octanol–water partition coefficient (Wildman–Crippen LogP) is 3.53. The second-order valence-corrected chi connectivity index (χ2v) is 5.36. The molecule has 0 spiro atoms. The molecule has 0 bridgehead atoms. The molecule has 0 unspecified atom stereocenters. The lowest BCUT2D eigenvalue weighted by Gasteiger charge is -2.23. The van der Waals surface area contributed by atoms with Crippen molar-refractivity contribution in [1.29, 1.82) is 0 Å². The van der Waals surface area contributed by atoms with Crippen LogP contribution in [0.5, 0.6) is 5.75 Å². The summed E-state index contributed by atoms with van der Waals surface area (Å²) in [5.74, 6) is 1.49. The molecule has 1 heterocycles. The summed E-state index contributed by atoms with van der Waals surface area (Å²) in [6.45, 7) is 6.48. The van der Waals surface area contributed by atoms with Gasteiger partial charge in [-0.25, -0.2) is 9.97 Å². The monoisotopic (exact) mass is 257 g/mol. The summed E-state index contributed by atoms with van der Waals surface area (Å²) in [5, 5.41) is 3.19. The topological polar surface area (TPSA) is 47.0 Å². The molecule has 0 aliphatic heterocycles. The zero-order chi connectivity index (χ0) is 13.9. The largest absolute Gasteiger partial charge is 0.496 e. The predicted molar refractivity (Wildman–Crippen MR) is 77.0 cm³/mol. The molecule has 1 aromatic carbocycles. The smallest absolute Gasteiger partial charge is 0.227 e. The van der Waals surface area contributed by atoms with E-state index in [0.29, 0.717) is 5.95 Å². The van der Waals surface area contributed by atoms with Gasteiger partial charge in [0.1, 0.15) is 5.75 Å². The lowest BCUT2D eigenvalue weighted by molar-refractivity contribution is 0.397. The molecule has 0 saturated heterocycles. The van der Waals surface area contributed by atoms with Crippen LogP contribution in [0.25, 0.3) is 0 Å². The SMILES string of the molecule is COc1ccc(Nc2ncccn2)cc1C(C)(C)C. The van der Waals surface area contributed by atoms with Gasteiger partial charge in [-0.3, -0.25) is 0 Å². The molecule has 0 radical (unpaired) electrons. The molecular weight excluding hydrogens is 238 g/mol. The summed E-state index contributed by atoms with van der Waals surface area (Å²) in [7, 11) is 1.69. The van der Waals surface area contributed by atoms with Crippen LogP contribution in [0.15, 0.2) is 36.7 Å². The Bertz CT molecular complexity index is 547. The van der Waals surface area contributed by atoms with Crippen molar-refractivity contribution in [2.75, 3.05) is 12.4 Å². The maximum absolute atomic E-state index is 5.42. The van der Waals surface area contributed by atoms with Crippen LogP contribution in [-0.4, -0.2) is 17.1 Å². The van der Waals surface area contributed by atoms with Crippen molar-refractivity contribution in [2.45, 2.75) is 26.2 Å². The highest BCUT2D eigenvalue weighted by molar-refractivity contribution is 5.58. The zero-order valence-corrected chi connectivity index (χ0v) is 11.8. The highest BCUT2D eigenvalue weighted by Crippen LogP contribution is 2.33. The number of ether oxygens (including phenoxy) is 1. The minimum atomic E-state index is 0.0145. The van der Waals surface area contributed by atoms with Gasteiger partial charge < -0.3 is 10.1 Å². The van der Waals surface area contributed by atoms with Crippen LogP contribution in [-0.2, 0) is 5.41 Å². The van der Waals surface area contributed by atoms with E-state index in [1.54, 1.807) is 25.6 Å². The Morgan fingerprint density at radius 1 is 1.11 bits per heavy atom. The molecule has 4 heteroatoms. The van der Waals surface area contributed by atoms with Crippen molar-refractivity contribution in [3.05, 3.63) is 42.2 Å². The Morgan fingerprint density at radius 2 is 1.79 bits per heavy atom. The fourth-order valence-electron chi connectivity index (χ4n) is 1.86. The third-order valence-corrected chi connectivity index (χ3v) is 2.83. The van der Waals surface area contributed by atoms with E-state index in [2.05, 4.69) is 42.1 Å². The molecule has 2 aromatic rings. The maximum atomic E-state index is 5.42. The molecule has 0 aliphatic carbocycles. The van der Waals surface area contributed by atoms with Gasteiger partial charge >= 0.3 is 0 Å². The minimum Gasteiger partial charge on any atom is -0.496 e. The molecule has 100 valence electrons. The summed E-state index contributed by atoms with van der Waals surface area (Å²) in [4.78, 5) is 8.31. The van der Waals surface area contributed by atoms with Crippen LogP contribution in [0.4, 0.5) is 11.6 Å². The maximum Gasteiger partial charge on any atom is 0.227 e. The highest BCUT2D eigenvalue weighted by Gasteiger charge is 2.19. The van der Waals surface area contributed by atoms with Gasteiger partial charge in [0, 0.05) is 23.6 Å². The summed E-state index contributed by atoms with van der Waals surface area (Å²) < 4.78 is 5.42. The molecule has 0 amide bonds. The second-order valence-electron chi connectivity index (χ2n) is 5.36. The van der Waals surface area contributed by atoms with Crippen LogP contribution in [0.2, 0.25) is 0 Å². The lowest BCUT2D eigenvalue weighted by atomic mass is 9.86. The van der Waals surface area contributed by atoms with Gasteiger partial charge in [0.25, 0.3) is 0 Å². The normalized spacial score (nSPS) is 11.2. The first kappa shape index (κ1) is 13.3. The minimum absolute atomic E-state index is 0.0145. The molecule has 0 fully saturated rings. The van der Waals surface area contributed by atoms with E-state index in [0.717, 1.165) is 17.0 Å². The number of hydrogen-bond acceptors (Lipinski definition) is 4. The van der Waals surface area contributed by atoms with Gasteiger partial charge in [-0.1, -0.05) is 20.8 Å². The van der Waals surface area contributed by atoms with E-state index in [4.69, 9.17) is 4.74 Å². The average molecular weight is 257 g/mol. The Morgan fingerprint density at radius 3 is 2.37 bits per heavy atom. The fourth-order valence-corrected chi connectivity index (χ4v) is 1.86. The molecule has 1 aromatic heterocycles. The summed E-state index contributed by atoms with van der Waals surface area (Å²) in [6.07, 6.45) is 3.42. The Hall–Kier alpha value is -2.10. The van der Waals surface area contributed by atoms with Crippen LogP contribution in [0, 0.1) is 0 Å². The van der Waals surface area contributed by atoms with E-state index in [-0.39, 0.29) is 5.41 Å². The van der Waals surface area contributed by atoms with Gasteiger partial charge in [-0.15, -0.1) is 0 Å². The van der Waals surface area contributed by atoms with Gasteiger partial charge in [0.2, 0.25) is 5.95 Å². The molecule has 0 saturated carbocycles. The van der Waals surface area contributed by atoms with Crippen LogP contribution in [0.1, 0.15) is 26.3 Å². The average Bonchev–Trinajstić information content (AvgIpc) is 2.39. The summed E-state index contributed by atoms with van der Waals surface area (Å²) >= 11 is 0. The lowest BCUT2D eigenvalue weighted by Crippen LogP contribution is -2.13. The molecule has 0 atom stereocenters. The van der Waals surface area contributed by atoms with Crippen molar-refractivity contribution in [1.82, 2.24) is 9.97 Å². The summed E-state index contributed by atoms with van der Waals surface area (Å²) in [5.41, 5.74) is 2.12. The molecule has 19 heavy (non-hydrogen) atoms. The highest BCUT2D eigenvalue weighted by atomic mass is 16.5. The van der Waals surface area contributed by atoms with E-state index >= 15 is 0 Å². The van der Waals surface area contributed by atoms with E-state index < -0.39 is 0 Å². The van der Waals surface area contributed by atoms with Gasteiger partial charge in [0.15, 0.2) is 0 Å². The zero-order valence-electron chi connectivity index (χ0n) is 11.8. The van der Waals surface area contributed by atoms with Crippen molar-refractivity contribution >= 4 is 11.6 Å². The molecule has 4 nitrogen and oxygen atoms in total. The van der Waals surface area contributed by atoms with Crippen molar-refractivity contribution < 1.29 is 4.74 Å². The quantitative estimate of drug-likeness (QED) is 0.913. The molecular formula is C15H19N3O. The third kappa shape index (κ3) is 3.22. The number of benzene rings is 1. The first-order valence-electron chi connectivity index (χ1n) is 6.23. The van der Waals surface area contributed by atoms with Crippen LogP contribution in [0.3, 0.4) is 0 Å². The Kier molecular flexibility index (Phi) is 3.69. The first-order chi connectivity index (χ1) is 9.00. The van der Waals surface area contributed by atoms with Crippen molar-refractivity contribution in [3.8, 4) is 5.75 Å². The number of anilines is 2. The molecule has 1 N–H and O–H groups in total. The fraction of sp³-hybridized carbons (Fsp3) is 0.333. The van der Waals surface area contributed by atoms with Crippen molar-refractivity contribution in [2.24, 2.45) is 0 Å². The van der Waals surface area contributed by atoms with Gasteiger partial charge in [-0.2, -0.15) is 0 Å². The summed E-state index contributed by atoms with van der Waals surface area (Å²) in [6, 6.07) is 7.80. The second kappa shape index (κ2) is 5.26. The van der Waals surface area contributed by atoms with Gasteiger partial charge in [0.05, 0.1) is 7.11 Å². The number of methoxy groups -OCH3 is 1. The Balaban J connectivity index is 2.33.